The molecule has 1 atom stereocenters. The predicted molar refractivity (Wildman–Crippen MR) is 78.1 cm³/mol. The lowest BCUT2D eigenvalue weighted by molar-refractivity contribution is -0.151. The Labute approximate surface area is 116 Å². The van der Waals surface area contributed by atoms with Gasteiger partial charge in [-0.25, -0.2) is 4.79 Å². The van der Waals surface area contributed by atoms with Crippen LogP contribution in [-0.2, 0) is 21.5 Å². The molecule has 0 amide bonds. The highest BCUT2D eigenvalue weighted by Gasteiger charge is 2.35. The van der Waals surface area contributed by atoms with E-state index < -0.39 is 5.54 Å². The molecule has 3 heteroatoms. The zero-order chi connectivity index (χ0) is 14.3. The second kappa shape index (κ2) is 7.29. The minimum absolute atomic E-state index is 0.222. The number of benzene rings is 1. The van der Waals surface area contributed by atoms with Crippen molar-refractivity contribution in [1.29, 1.82) is 0 Å². The van der Waals surface area contributed by atoms with Crippen molar-refractivity contribution in [1.82, 2.24) is 5.32 Å². The smallest absolute Gasteiger partial charge is 0.330 e. The molecule has 1 N–H and O–H groups in total. The van der Waals surface area contributed by atoms with Crippen molar-refractivity contribution in [3.8, 4) is 0 Å². The van der Waals surface area contributed by atoms with Gasteiger partial charge in [0.05, 0.1) is 6.61 Å². The molecular formula is C16H25NO2. The minimum atomic E-state index is -0.768. The van der Waals surface area contributed by atoms with Gasteiger partial charge < -0.3 is 4.74 Å². The summed E-state index contributed by atoms with van der Waals surface area (Å²) in [6.07, 6.45) is 2.19. The van der Waals surface area contributed by atoms with Gasteiger partial charge in [-0.3, -0.25) is 5.32 Å². The van der Waals surface area contributed by atoms with E-state index in [0.717, 1.165) is 18.4 Å². The molecule has 0 saturated heterocycles. The molecule has 0 heterocycles. The molecule has 1 rings (SSSR count). The molecule has 0 spiro atoms. The number of likely N-dealkylation sites (N-methyl/N-ethyl adjacent to an activating group) is 1. The summed E-state index contributed by atoms with van der Waals surface area (Å²) in [6, 6.07) is 8.22. The Morgan fingerprint density at radius 1 is 1.21 bits per heavy atom. The second-order valence-electron chi connectivity index (χ2n) is 4.82. The fourth-order valence-electron chi connectivity index (χ4n) is 2.21. The topological polar surface area (TPSA) is 38.3 Å². The molecule has 3 nitrogen and oxygen atoms in total. The molecule has 19 heavy (non-hydrogen) atoms. The number of hydrogen-bond donors (Lipinski definition) is 1. The van der Waals surface area contributed by atoms with E-state index in [9.17, 15) is 4.79 Å². The molecule has 1 aromatic carbocycles. The van der Waals surface area contributed by atoms with Crippen LogP contribution in [0.25, 0.3) is 0 Å². The third kappa shape index (κ3) is 3.80. The third-order valence-corrected chi connectivity index (χ3v) is 3.28. The van der Waals surface area contributed by atoms with Crippen LogP contribution in [0.3, 0.4) is 0 Å². The normalized spacial score (nSPS) is 13.9. The van der Waals surface area contributed by atoms with Gasteiger partial charge in [0.15, 0.2) is 0 Å². The molecule has 0 fully saturated rings. The molecule has 0 aliphatic heterocycles. The van der Waals surface area contributed by atoms with E-state index in [4.69, 9.17) is 4.74 Å². The number of carbonyl (C=O) groups excluding carboxylic acids is 1. The second-order valence-corrected chi connectivity index (χ2v) is 4.82. The van der Waals surface area contributed by atoms with Gasteiger partial charge >= 0.3 is 5.97 Å². The molecule has 0 bridgehead atoms. The van der Waals surface area contributed by atoms with Gasteiger partial charge in [0.1, 0.15) is 5.54 Å². The summed E-state index contributed by atoms with van der Waals surface area (Å²) < 4.78 is 5.19. The van der Waals surface area contributed by atoms with Crippen LogP contribution in [0.1, 0.15) is 45.2 Å². The van der Waals surface area contributed by atoms with Crippen molar-refractivity contribution < 1.29 is 9.53 Å². The van der Waals surface area contributed by atoms with Crippen LogP contribution in [0.4, 0.5) is 0 Å². The maximum Gasteiger partial charge on any atom is 0.330 e. The van der Waals surface area contributed by atoms with E-state index in [1.165, 1.54) is 5.56 Å². The molecule has 0 aromatic heterocycles. The molecule has 0 saturated carbocycles. The summed E-state index contributed by atoms with van der Waals surface area (Å²) in [5.74, 6) is -0.222. The quantitative estimate of drug-likeness (QED) is 0.768. The van der Waals surface area contributed by atoms with E-state index in [-0.39, 0.29) is 5.97 Å². The van der Waals surface area contributed by atoms with Crippen molar-refractivity contribution in [3.05, 3.63) is 35.4 Å². The van der Waals surface area contributed by atoms with Crippen molar-refractivity contribution in [2.45, 2.75) is 46.1 Å². The summed E-state index contributed by atoms with van der Waals surface area (Å²) in [4.78, 5) is 12.2. The number of nitrogens with one attached hydrogen (secondary N) is 1. The van der Waals surface area contributed by atoms with E-state index in [2.05, 4.69) is 24.4 Å². The van der Waals surface area contributed by atoms with Crippen LogP contribution in [0.15, 0.2) is 24.3 Å². The summed E-state index contributed by atoms with van der Waals surface area (Å²) in [7, 11) is 0. The zero-order valence-corrected chi connectivity index (χ0v) is 12.5. The van der Waals surface area contributed by atoms with Crippen LogP contribution in [0.5, 0.6) is 0 Å². The monoisotopic (exact) mass is 263 g/mol. The SMILES string of the molecule is CCCc1ccc(C(C)(NCC)C(=O)OCC)cc1. The first kappa shape index (κ1) is 15.7. The van der Waals surface area contributed by atoms with E-state index >= 15 is 0 Å². The molecule has 1 unspecified atom stereocenters. The highest BCUT2D eigenvalue weighted by atomic mass is 16.5. The first-order valence-corrected chi connectivity index (χ1v) is 7.10. The molecule has 0 aliphatic carbocycles. The lowest BCUT2D eigenvalue weighted by atomic mass is 9.90. The molecule has 0 aliphatic rings. The standard InChI is InChI=1S/C16H25NO2/c1-5-8-13-9-11-14(12-10-13)16(4,17-6-2)15(18)19-7-3/h9-12,17H,5-8H2,1-4H3. The van der Waals surface area contributed by atoms with Crippen LogP contribution in [-0.4, -0.2) is 19.1 Å². The van der Waals surface area contributed by atoms with Gasteiger partial charge in [0, 0.05) is 0 Å². The Kier molecular flexibility index (Phi) is 6.03. The van der Waals surface area contributed by atoms with Crippen molar-refractivity contribution in [3.63, 3.8) is 0 Å². The first-order chi connectivity index (χ1) is 9.08. The molecule has 106 valence electrons. The van der Waals surface area contributed by atoms with E-state index in [1.54, 1.807) is 0 Å². The van der Waals surface area contributed by atoms with Crippen LogP contribution >= 0.6 is 0 Å². The average Bonchev–Trinajstić information content (AvgIpc) is 2.40. The molecule has 0 radical (unpaired) electrons. The maximum absolute atomic E-state index is 12.2. The Morgan fingerprint density at radius 2 is 1.84 bits per heavy atom. The third-order valence-electron chi connectivity index (χ3n) is 3.28. The summed E-state index contributed by atoms with van der Waals surface area (Å²) in [6.45, 7) is 8.97. The number of esters is 1. The fourth-order valence-corrected chi connectivity index (χ4v) is 2.21. The number of rotatable bonds is 7. The summed E-state index contributed by atoms with van der Waals surface area (Å²) >= 11 is 0. The first-order valence-electron chi connectivity index (χ1n) is 7.10. The van der Waals surface area contributed by atoms with Crippen LogP contribution < -0.4 is 5.32 Å². The highest BCUT2D eigenvalue weighted by molar-refractivity contribution is 5.82. The Hall–Kier alpha value is -1.35. The van der Waals surface area contributed by atoms with Gasteiger partial charge in [-0.1, -0.05) is 44.5 Å². The largest absolute Gasteiger partial charge is 0.464 e. The lowest BCUT2D eigenvalue weighted by Gasteiger charge is -2.28. The van der Waals surface area contributed by atoms with Crippen molar-refractivity contribution >= 4 is 5.97 Å². The van der Waals surface area contributed by atoms with Gasteiger partial charge in [0.25, 0.3) is 0 Å². The van der Waals surface area contributed by atoms with Gasteiger partial charge in [-0.15, -0.1) is 0 Å². The van der Waals surface area contributed by atoms with Crippen LogP contribution in [0.2, 0.25) is 0 Å². The van der Waals surface area contributed by atoms with Gasteiger partial charge in [-0.05, 0) is 37.9 Å². The van der Waals surface area contributed by atoms with Crippen molar-refractivity contribution in [2.75, 3.05) is 13.2 Å². The molecular weight excluding hydrogens is 238 g/mol. The Balaban J connectivity index is 3.00. The predicted octanol–water partition coefficient (Wildman–Crippen LogP) is 3.03. The fraction of sp³-hybridized carbons (Fsp3) is 0.562. The van der Waals surface area contributed by atoms with Crippen molar-refractivity contribution in [2.24, 2.45) is 0 Å². The summed E-state index contributed by atoms with van der Waals surface area (Å²) in [5, 5.41) is 3.24. The number of ether oxygens (including phenoxy) is 1. The van der Waals surface area contributed by atoms with E-state index in [1.807, 2.05) is 32.9 Å². The van der Waals surface area contributed by atoms with E-state index in [0.29, 0.717) is 13.2 Å². The zero-order valence-electron chi connectivity index (χ0n) is 12.5. The number of hydrogen-bond acceptors (Lipinski definition) is 3. The molecule has 1 aromatic rings. The highest BCUT2D eigenvalue weighted by Crippen LogP contribution is 2.23. The summed E-state index contributed by atoms with van der Waals surface area (Å²) in [5.41, 5.74) is 1.48. The van der Waals surface area contributed by atoms with Gasteiger partial charge in [0.2, 0.25) is 0 Å². The minimum Gasteiger partial charge on any atom is -0.464 e. The van der Waals surface area contributed by atoms with Gasteiger partial charge in [-0.2, -0.15) is 0 Å². The number of aryl methyl sites for hydroxylation is 1. The Bertz CT molecular complexity index is 400. The average molecular weight is 263 g/mol. The maximum atomic E-state index is 12.2. The number of carbonyl (C=O) groups is 1. The Morgan fingerprint density at radius 3 is 2.32 bits per heavy atom. The van der Waals surface area contributed by atoms with Crippen LogP contribution in [0, 0.1) is 0 Å². The lowest BCUT2D eigenvalue weighted by Crippen LogP contribution is -2.47.